The number of halogens is 2. The third kappa shape index (κ3) is 2.60. The molecule has 0 aromatic heterocycles. The highest BCUT2D eigenvalue weighted by molar-refractivity contribution is 6.30. The first-order valence-electron chi connectivity index (χ1n) is 4.35. The zero-order valence-corrected chi connectivity index (χ0v) is 8.87. The molecule has 1 N–H and O–H groups in total. The molecule has 2 rings (SSSR count). The summed E-state index contributed by atoms with van der Waals surface area (Å²) in [5.41, 5.74) is 1.32. The van der Waals surface area contributed by atoms with E-state index in [1.165, 1.54) is 18.4 Å². The second-order valence-electron chi connectivity index (χ2n) is 3.20. The Morgan fingerprint density at radius 2 is 2.23 bits per heavy atom. The smallest absolute Gasteiger partial charge is 0.0409 e. The Hall–Kier alpha value is -0.240. The molecule has 3 heteroatoms. The lowest BCUT2D eigenvalue weighted by molar-refractivity contribution is 0.648. The SMILES string of the molecule is Cl.Clc1cccc([C@@H]2CCCN2)c1. The number of nitrogens with one attached hydrogen (secondary N) is 1. The van der Waals surface area contributed by atoms with Gasteiger partial charge >= 0.3 is 0 Å². The lowest BCUT2D eigenvalue weighted by Crippen LogP contribution is -2.12. The summed E-state index contributed by atoms with van der Waals surface area (Å²) < 4.78 is 0. The van der Waals surface area contributed by atoms with Crippen LogP contribution in [0.3, 0.4) is 0 Å². The van der Waals surface area contributed by atoms with Crippen LogP contribution >= 0.6 is 24.0 Å². The molecule has 0 spiro atoms. The highest BCUT2D eigenvalue weighted by Gasteiger charge is 2.15. The molecule has 1 aliphatic heterocycles. The van der Waals surface area contributed by atoms with Gasteiger partial charge in [0.05, 0.1) is 0 Å². The molecule has 13 heavy (non-hydrogen) atoms. The number of hydrogen-bond acceptors (Lipinski definition) is 1. The first-order chi connectivity index (χ1) is 5.86. The Balaban J connectivity index is 0.000000845. The molecule has 0 amide bonds. The van der Waals surface area contributed by atoms with Crippen molar-refractivity contribution in [1.82, 2.24) is 5.32 Å². The lowest BCUT2D eigenvalue weighted by atomic mass is 10.1. The van der Waals surface area contributed by atoms with E-state index in [1.54, 1.807) is 0 Å². The molecule has 0 aliphatic carbocycles. The average Bonchev–Trinajstić information content (AvgIpc) is 2.56. The van der Waals surface area contributed by atoms with E-state index in [-0.39, 0.29) is 12.4 Å². The molecule has 1 aromatic rings. The van der Waals surface area contributed by atoms with Gasteiger partial charge in [-0.05, 0) is 37.1 Å². The highest BCUT2D eigenvalue weighted by Crippen LogP contribution is 2.24. The van der Waals surface area contributed by atoms with E-state index < -0.39 is 0 Å². The van der Waals surface area contributed by atoms with Crippen molar-refractivity contribution < 1.29 is 0 Å². The van der Waals surface area contributed by atoms with Crippen molar-refractivity contribution in [3.8, 4) is 0 Å². The second kappa shape index (κ2) is 4.85. The topological polar surface area (TPSA) is 12.0 Å². The Morgan fingerprint density at radius 3 is 2.85 bits per heavy atom. The minimum atomic E-state index is 0. The van der Waals surface area contributed by atoms with Crippen LogP contribution in [0.4, 0.5) is 0 Å². The summed E-state index contributed by atoms with van der Waals surface area (Å²) in [4.78, 5) is 0. The third-order valence-corrected chi connectivity index (χ3v) is 2.55. The maximum atomic E-state index is 5.90. The summed E-state index contributed by atoms with van der Waals surface area (Å²) in [6.45, 7) is 1.14. The number of rotatable bonds is 1. The van der Waals surface area contributed by atoms with Crippen molar-refractivity contribution in [1.29, 1.82) is 0 Å². The van der Waals surface area contributed by atoms with Crippen LogP contribution in [0.5, 0.6) is 0 Å². The fourth-order valence-corrected chi connectivity index (χ4v) is 1.89. The highest BCUT2D eigenvalue weighted by atomic mass is 35.5. The van der Waals surface area contributed by atoms with Crippen LogP contribution in [0.1, 0.15) is 24.4 Å². The molecule has 1 heterocycles. The molecule has 1 saturated heterocycles. The van der Waals surface area contributed by atoms with Crippen LogP contribution in [-0.4, -0.2) is 6.54 Å². The lowest BCUT2D eigenvalue weighted by Gasteiger charge is -2.09. The maximum absolute atomic E-state index is 5.90. The van der Waals surface area contributed by atoms with Crippen molar-refractivity contribution in [3.05, 3.63) is 34.9 Å². The molecular weight excluding hydrogens is 205 g/mol. The molecule has 1 fully saturated rings. The van der Waals surface area contributed by atoms with Crippen molar-refractivity contribution >= 4 is 24.0 Å². The minimum absolute atomic E-state index is 0. The van der Waals surface area contributed by atoms with E-state index in [0.717, 1.165) is 11.6 Å². The largest absolute Gasteiger partial charge is 0.310 e. The molecule has 0 bridgehead atoms. The van der Waals surface area contributed by atoms with Crippen LogP contribution in [0.2, 0.25) is 5.02 Å². The molecule has 1 atom stereocenters. The second-order valence-corrected chi connectivity index (χ2v) is 3.64. The van der Waals surface area contributed by atoms with Gasteiger partial charge in [0, 0.05) is 11.1 Å². The number of hydrogen-bond donors (Lipinski definition) is 1. The zero-order valence-electron chi connectivity index (χ0n) is 7.29. The zero-order chi connectivity index (χ0) is 8.39. The van der Waals surface area contributed by atoms with Gasteiger partial charge in [0.15, 0.2) is 0 Å². The Kier molecular flexibility index (Phi) is 4.04. The van der Waals surface area contributed by atoms with Gasteiger partial charge in [0.25, 0.3) is 0 Å². The van der Waals surface area contributed by atoms with Gasteiger partial charge < -0.3 is 5.32 Å². The van der Waals surface area contributed by atoms with Crippen molar-refractivity contribution in [2.24, 2.45) is 0 Å². The van der Waals surface area contributed by atoms with Gasteiger partial charge in [-0.15, -0.1) is 12.4 Å². The van der Waals surface area contributed by atoms with E-state index in [2.05, 4.69) is 11.4 Å². The van der Waals surface area contributed by atoms with Crippen molar-refractivity contribution in [2.75, 3.05) is 6.54 Å². The van der Waals surface area contributed by atoms with Gasteiger partial charge in [-0.3, -0.25) is 0 Å². The molecular formula is C10H13Cl2N. The summed E-state index contributed by atoms with van der Waals surface area (Å²) in [6.07, 6.45) is 2.51. The first-order valence-corrected chi connectivity index (χ1v) is 4.73. The first kappa shape index (κ1) is 10.8. The van der Waals surface area contributed by atoms with Crippen LogP contribution in [0, 0.1) is 0 Å². The molecule has 72 valence electrons. The molecule has 1 aliphatic rings. The summed E-state index contributed by atoms with van der Waals surface area (Å²) in [5.74, 6) is 0. The predicted molar refractivity (Wildman–Crippen MR) is 58.7 cm³/mol. The Morgan fingerprint density at radius 1 is 1.38 bits per heavy atom. The van der Waals surface area contributed by atoms with Gasteiger partial charge in [-0.1, -0.05) is 23.7 Å². The van der Waals surface area contributed by atoms with Crippen LogP contribution in [0.15, 0.2) is 24.3 Å². The van der Waals surface area contributed by atoms with Crippen LogP contribution in [-0.2, 0) is 0 Å². The van der Waals surface area contributed by atoms with Crippen molar-refractivity contribution in [2.45, 2.75) is 18.9 Å². The van der Waals surface area contributed by atoms with E-state index in [0.29, 0.717) is 6.04 Å². The van der Waals surface area contributed by atoms with Gasteiger partial charge in [0.1, 0.15) is 0 Å². The Labute approximate surface area is 89.9 Å². The summed E-state index contributed by atoms with van der Waals surface area (Å²) in [5, 5.41) is 4.28. The molecule has 0 saturated carbocycles. The van der Waals surface area contributed by atoms with Crippen LogP contribution in [0.25, 0.3) is 0 Å². The van der Waals surface area contributed by atoms with E-state index in [9.17, 15) is 0 Å². The van der Waals surface area contributed by atoms with Crippen molar-refractivity contribution in [3.63, 3.8) is 0 Å². The van der Waals surface area contributed by atoms with Gasteiger partial charge in [-0.25, -0.2) is 0 Å². The summed E-state index contributed by atoms with van der Waals surface area (Å²) in [6, 6.07) is 8.64. The van der Waals surface area contributed by atoms with E-state index in [1.807, 2.05) is 18.2 Å². The maximum Gasteiger partial charge on any atom is 0.0409 e. The van der Waals surface area contributed by atoms with Gasteiger partial charge in [0.2, 0.25) is 0 Å². The third-order valence-electron chi connectivity index (χ3n) is 2.31. The molecule has 1 nitrogen and oxygen atoms in total. The minimum Gasteiger partial charge on any atom is -0.310 e. The fourth-order valence-electron chi connectivity index (χ4n) is 1.69. The van der Waals surface area contributed by atoms with Crippen LogP contribution < -0.4 is 5.32 Å². The fraction of sp³-hybridized carbons (Fsp3) is 0.400. The molecule has 0 unspecified atom stereocenters. The standard InChI is InChI=1S/C10H12ClN.ClH/c11-9-4-1-3-8(7-9)10-5-2-6-12-10;/h1,3-4,7,10,12H,2,5-6H2;1H/t10-;/m0./s1. The Bertz CT molecular complexity index is 269. The van der Waals surface area contributed by atoms with Gasteiger partial charge in [-0.2, -0.15) is 0 Å². The molecule has 0 radical (unpaired) electrons. The van der Waals surface area contributed by atoms with E-state index in [4.69, 9.17) is 11.6 Å². The summed E-state index contributed by atoms with van der Waals surface area (Å²) in [7, 11) is 0. The molecule has 1 aromatic carbocycles. The normalized spacial score (nSPS) is 21.2. The monoisotopic (exact) mass is 217 g/mol. The quantitative estimate of drug-likeness (QED) is 0.763. The predicted octanol–water partition coefficient (Wildman–Crippen LogP) is 3.19. The number of benzene rings is 1. The summed E-state index contributed by atoms with van der Waals surface area (Å²) >= 11 is 5.90. The van der Waals surface area contributed by atoms with E-state index >= 15 is 0 Å². The average molecular weight is 218 g/mol.